The normalized spacial score (nSPS) is 12.7. The van der Waals surface area contributed by atoms with Crippen molar-refractivity contribution in [3.8, 4) is 0 Å². The van der Waals surface area contributed by atoms with Crippen LogP contribution >= 0.6 is 27.3 Å². The van der Waals surface area contributed by atoms with E-state index in [1.54, 1.807) is 11.3 Å². The van der Waals surface area contributed by atoms with Gasteiger partial charge in [0.05, 0.1) is 0 Å². The van der Waals surface area contributed by atoms with Gasteiger partial charge in [-0.15, -0.1) is 11.3 Å². The molecule has 0 bridgehead atoms. The van der Waals surface area contributed by atoms with Crippen LogP contribution in [0.5, 0.6) is 0 Å². The Morgan fingerprint density at radius 1 is 1.21 bits per heavy atom. The number of benzene rings is 1. The first-order valence-corrected chi connectivity index (χ1v) is 7.73. The fourth-order valence-electron chi connectivity index (χ4n) is 2.15. The van der Waals surface area contributed by atoms with E-state index in [4.69, 9.17) is 5.73 Å². The molecule has 0 saturated carbocycles. The molecular formula is C15H13BrN2S. The molecule has 0 aliphatic rings. The quantitative estimate of drug-likeness (QED) is 0.776. The van der Waals surface area contributed by atoms with Gasteiger partial charge >= 0.3 is 0 Å². The fourth-order valence-corrected chi connectivity index (χ4v) is 3.41. The molecule has 96 valence electrons. The maximum atomic E-state index is 6.33. The van der Waals surface area contributed by atoms with Gasteiger partial charge in [-0.25, -0.2) is 0 Å². The van der Waals surface area contributed by atoms with E-state index >= 15 is 0 Å². The number of nitrogens with zero attached hydrogens (tertiary/aromatic N) is 1. The lowest BCUT2D eigenvalue weighted by atomic mass is 10.0. The van der Waals surface area contributed by atoms with E-state index in [1.165, 1.54) is 15.6 Å². The van der Waals surface area contributed by atoms with Gasteiger partial charge in [-0.3, -0.25) is 4.98 Å². The van der Waals surface area contributed by atoms with Crippen LogP contribution < -0.4 is 5.73 Å². The van der Waals surface area contributed by atoms with Crippen LogP contribution in [0.4, 0.5) is 0 Å². The molecule has 3 rings (SSSR count). The van der Waals surface area contributed by atoms with Crippen molar-refractivity contribution in [3.63, 3.8) is 0 Å². The zero-order valence-corrected chi connectivity index (χ0v) is 12.6. The lowest BCUT2D eigenvalue weighted by Crippen LogP contribution is -2.13. The van der Waals surface area contributed by atoms with Crippen LogP contribution in [0, 0.1) is 0 Å². The molecule has 1 aromatic carbocycles. The molecule has 1 unspecified atom stereocenters. The van der Waals surface area contributed by atoms with Crippen molar-refractivity contribution in [2.45, 2.75) is 12.5 Å². The third-order valence-corrected chi connectivity index (χ3v) is 4.58. The van der Waals surface area contributed by atoms with E-state index in [1.807, 2.05) is 18.3 Å². The summed E-state index contributed by atoms with van der Waals surface area (Å²) in [5, 5.41) is 3.42. The molecule has 2 nitrogen and oxygen atoms in total. The smallest absolute Gasteiger partial charge is 0.0423 e. The van der Waals surface area contributed by atoms with Gasteiger partial charge in [-0.1, -0.05) is 18.2 Å². The van der Waals surface area contributed by atoms with Gasteiger partial charge in [0.1, 0.15) is 0 Å². The van der Waals surface area contributed by atoms with E-state index in [9.17, 15) is 0 Å². The number of hydrogen-bond donors (Lipinski definition) is 1. The second kappa shape index (κ2) is 5.41. The third kappa shape index (κ3) is 2.71. The largest absolute Gasteiger partial charge is 0.324 e. The molecule has 0 amide bonds. The molecule has 0 fully saturated rings. The Morgan fingerprint density at radius 3 is 2.84 bits per heavy atom. The molecule has 3 aromatic rings. The highest BCUT2D eigenvalue weighted by molar-refractivity contribution is 9.10. The van der Waals surface area contributed by atoms with E-state index in [0.717, 1.165) is 16.6 Å². The second-order valence-corrected chi connectivity index (χ2v) is 6.29. The zero-order chi connectivity index (χ0) is 13.2. The minimum atomic E-state index is -0.00942. The van der Waals surface area contributed by atoms with Gasteiger partial charge in [0.2, 0.25) is 0 Å². The Kier molecular flexibility index (Phi) is 3.64. The third-order valence-electron chi connectivity index (χ3n) is 3.13. The van der Waals surface area contributed by atoms with Crippen molar-refractivity contribution < 1.29 is 0 Å². The molecule has 4 heteroatoms. The predicted molar refractivity (Wildman–Crippen MR) is 84.4 cm³/mol. The summed E-state index contributed by atoms with van der Waals surface area (Å²) in [4.78, 5) is 4.38. The van der Waals surface area contributed by atoms with Crippen molar-refractivity contribution in [2.24, 2.45) is 5.73 Å². The first-order chi connectivity index (χ1) is 9.24. The monoisotopic (exact) mass is 332 g/mol. The van der Waals surface area contributed by atoms with Crippen molar-refractivity contribution in [1.82, 2.24) is 4.98 Å². The topological polar surface area (TPSA) is 38.9 Å². The van der Waals surface area contributed by atoms with E-state index in [0.29, 0.717) is 0 Å². The summed E-state index contributed by atoms with van der Waals surface area (Å²) < 4.78 is 2.28. The Bertz CT molecular complexity index is 691. The van der Waals surface area contributed by atoms with E-state index in [2.05, 4.69) is 50.6 Å². The van der Waals surface area contributed by atoms with E-state index in [-0.39, 0.29) is 6.04 Å². The zero-order valence-electron chi connectivity index (χ0n) is 10.2. The second-order valence-electron chi connectivity index (χ2n) is 4.47. The van der Waals surface area contributed by atoms with Crippen molar-refractivity contribution in [1.29, 1.82) is 0 Å². The summed E-state index contributed by atoms with van der Waals surface area (Å²) in [6, 6.07) is 12.4. The maximum absolute atomic E-state index is 6.33. The highest BCUT2D eigenvalue weighted by Gasteiger charge is 2.12. The standard InChI is InChI=1S/C15H13BrN2S/c16-10-5-6-11(18-8-10)7-14(17)13-9-19-15-4-2-1-3-12(13)15/h1-6,8-9,14H,7,17H2. The molecule has 19 heavy (non-hydrogen) atoms. The number of halogens is 1. The average Bonchev–Trinajstić information content (AvgIpc) is 2.85. The van der Waals surface area contributed by atoms with Crippen molar-refractivity contribution >= 4 is 37.4 Å². The number of thiophene rings is 1. The highest BCUT2D eigenvalue weighted by atomic mass is 79.9. The first-order valence-electron chi connectivity index (χ1n) is 6.06. The summed E-state index contributed by atoms with van der Waals surface area (Å²) in [6.07, 6.45) is 2.57. The van der Waals surface area contributed by atoms with Gasteiger partial charge < -0.3 is 5.73 Å². The Labute approximate surface area is 124 Å². The summed E-state index contributed by atoms with van der Waals surface area (Å²) in [7, 11) is 0. The molecule has 0 aliphatic heterocycles. The van der Waals surface area contributed by atoms with Crippen LogP contribution in [0.15, 0.2) is 52.4 Å². The maximum Gasteiger partial charge on any atom is 0.0423 e. The fraction of sp³-hybridized carbons (Fsp3) is 0.133. The Balaban J connectivity index is 1.87. The SMILES string of the molecule is NC(Cc1ccc(Br)cn1)c1csc2ccccc12. The lowest BCUT2D eigenvalue weighted by Gasteiger charge is -2.10. The van der Waals surface area contributed by atoms with Gasteiger partial charge in [0.25, 0.3) is 0 Å². The van der Waals surface area contributed by atoms with Gasteiger partial charge in [-0.2, -0.15) is 0 Å². The van der Waals surface area contributed by atoms with Crippen LogP contribution in [-0.4, -0.2) is 4.98 Å². The number of fused-ring (bicyclic) bond motifs is 1. The predicted octanol–water partition coefficient (Wildman–Crippen LogP) is 4.30. The number of hydrogen-bond acceptors (Lipinski definition) is 3. The van der Waals surface area contributed by atoms with Gasteiger partial charge in [0.15, 0.2) is 0 Å². The highest BCUT2D eigenvalue weighted by Crippen LogP contribution is 2.30. The first kappa shape index (κ1) is 12.8. The number of nitrogens with two attached hydrogens (primary N) is 1. The van der Waals surface area contributed by atoms with Crippen LogP contribution in [0.25, 0.3) is 10.1 Å². The van der Waals surface area contributed by atoms with Crippen LogP contribution in [0.3, 0.4) is 0 Å². The molecule has 0 radical (unpaired) electrons. The summed E-state index contributed by atoms with van der Waals surface area (Å²) in [5.41, 5.74) is 8.56. The Morgan fingerprint density at radius 2 is 2.05 bits per heavy atom. The molecule has 0 spiro atoms. The number of aromatic nitrogens is 1. The van der Waals surface area contributed by atoms with Gasteiger partial charge in [-0.05, 0) is 50.5 Å². The molecular weight excluding hydrogens is 320 g/mol. The average molecular weight is 333 g/mol. The van der Waals surface area contributed by atoms with E-state index < -0.39 is 0 Å². The molecule has 0 aliphatic carbocycles. The van der Waals surface area contributed by atoms with Crippen LogP contribution in [-0.2, 0) is 6.42 Å². The Hall–Kier alpha value is -1.23. The summed E-state index contributed by atoms with van der Waals surface area (Å²) in [6.45, 7) is 0. The van der Waals surface area contributed by atoms with Crippen LogP contribution in [0.2, 0.25) is 0 Å². The minimum absolute atomic E-state index is 0.00942. The summed E-state index contributed by atoms with van der Waals surface area (Å²) >= 11 is 5.14. The molecule has 2 N–H and O–H groups in total. The lowest BCUT2D eigenvalue weighted by molar-refractivity contribution is 0.714. The molecule has 2 heterocycles. The number of rotatable bonds is 3. The molecule has 2 aromatic heterocycles. The van der Waals surface area contributed by atoms with Crippen molar-refractivity contribution in [2.75, 3.05) is 0 Å². The van der Waals surface area contributed by atoms with Crippen LogP contribution in [0.1, 0.15) is 17.3 Å². The van der Waals surface area contributed by atoms with Crippen molar-refractivity contribution in [3.05, 3.63) is 63.7 Å². The minimum Gasteiger partial charge on any atom is -0.324 e. The summed E-state index contributed by atoms with van der Waals surface area (Å²) in [5.74, 6) is 0. The van der Waals surface area contributed by atoms with Gasteiger partial charge in [0, 0.05) is 33.5 Å². The number of pyridine rings is 1. The molecule has 0 saturated heterocycles. The molecule has 1 atom stereocenters.